The summed E-state index contributed by atoms with van der Waals surface area (Å²) in [7, 11) is 0. The van der Waals surface area contributed by atoms with E-state index in [2.05, 4.69) is 47.6 Å². The predicted molar refractivity (Wildman–Crippen MR) is 76.5 cm³/mol. The zero-order chi connectivity index (χ0) is 13.6. The van der Waals surface area contributed by atoms with Crippen LogP contribution in [-0.4, -0.2) is 5.11 Å². The normalized spacial score (nSPS) is 11.1. The zero-order valence-electron chi connectivity index (χ0n) is 12.5. The van der Waals surface area contributed by atoms with Crippen LogP contribution in [0.4, 0.5) is 0 Å². The molecule has 0 atom stereocenters. The van der Waals surface area contributed by atoms with Gasteiger partial charge in [-0.2, -0.15) is 0 Å². The Morgan fingerprint density at radius 3 is 1.94 bits per heavy atom. The van der Waals surface area contributed by atoms with E-state index < -0.39 is 0 Å². The lowest BCUT2D eigenvalue weighted by molar-refractivity contribution is 0.410. The van der Waals surface area contributed by atoms with Crippen molar-refractivity contribution in [3.63, 3.8) is 0 Å². The molecule has 0 aliphatic heterocycles. The maximum absolute atomic E-state index is 9.34. The van der Waals surface area contributed by atoms with Crippen molar-refractivity contribution in [2.24, 2.45) is 11.3 Å². The molecule has 0 heterocycles. The van der Waals surface area contributed by atoms with Gasteiger partial charge < -0.3 is 5.11 Å². The van der Waals surface area contributed by atoms with Gasteiger partial charge in [-0.1, -0.05) is 53.7 Å². The third kappa shape index (κ3) is 8.79. The second-order valence-corrected chi connectivity index (χ2v) is 6.59. The molecule has 0 aliphatic carbocycles. The Labute approximate surface area is 107 Å². The Morgan fingerprint density at radius 2 is 1.59 bits per heavy atom. The van der Waals surface area contributed by atoms with Crippen LogP contribution in [-0.2, 0) is 6.42 Å². The standard InChI is InChI=1S/C12H18O.C4H10/c1-9-7-10(5-6-11(9)13)8-12(2,3)4;1-4(2)3/h5-7,13H,8H2,1-4H3;4H,1-3H3. The van der Waals surface area contributed by atoms with Gasteiger partial charge in [0.25, 0.3) is 0 Å². The second-order valence-electron chi connectivity index (χ2n) is 6.59. The van der Waals surface area contributed by atoms with Crippen molar-refractivity contribution in [2.75, 3.05) is 0 Å². The van der Waals surface area contributed by atoms with E-state index in [0.29, 0.717) is 11.2 Å². The average Bonchev–Trinajstić information content (AvgIpc) is 2.08. The first-order chi connectivity index (χ1) is 7.61. The highest BCUT2D eigenvalue weighted by atomic mass is 16.3. The molecule has 1 rings (SSSR count). The molecule has 17 heavy (non-hydrogen) atoms. The minimum Gasteiger partial charge on any atom is -0.508 e. The molecule has 0 fully saturated rings. The zero-order valence-corrected chi connectivity index (χ0v) is 12.5. The molecule has 0 radical (unpaired) electrons. The van der Waals surface area contributed by atoms with Crippen molar-refractivity contribution in [3.05, 3.63) is 29.3 Å². The van der Waals surface area contributed by atoms with Crippen molar-refractivity contribution < 1.29 is 5.11 Å². The fraction of sp³-hybridized carbons (Fsp3) is 0.625. The van der Waals surface area contributed by atoms with E-state index in [-0.39, 0.29) is 0 Å². The Morgan fingerprint density at radius 1 is 1.12 bits per heavy atom. The Bertz CT molecular complexity index is 329. The molecular weight excluding hydrogens is 208 g/mol. The molecule has 1 aromatic rings. The molecule has 0 aromatic heterocycles. The summed E-state index contributed by atoms with van der Waals surface area (Å²) >= 11 is 0. The molecule has 0 amide bonds. The molecule has 0 saturated carbocycles. The van der Waals surface area contributed by atoms with Crippen molar-refractivity contribution in [3.8, 4) is 5.75 Å². The van der Waals surface area contributed by atoms with Gasteiger partial charge in [0.05, 0.1) is 0 Å². The summed E-state index contributed by atoms with van der Waals surface area (Å²) in [5, 5.41) is 9.34. The lowest BCUT2D eigenvalue weighted by Crippen LogP contribution is -2.08. The molecule has 1 heteroatoms. The van der Waals surface area contributed by atoms with Gasteiger partial charge in [0, 0.05) is 0 Å². The van der Waals surface area contributed by atoms with Crippen LogP contribution in [0.15, 0.2) is 18.2 Å². The molecule has 0 unspecified atom stereocenters. The van der Waals surface area contributed by atoms with Gasteiger partial charge in [0.15, 0.2) is 0 Å². The van der Waals surface area contributed by atoms with E-state index in [1.165, 1.54) is 5.56 Å². The minimum atomic E-state index is 0.309. The number of phenols is 1. The number of aryl methyl sites for hydroxylation is 1. The van der Waals surface area contributed by atoms with E-state index >= 15 is 0 Å². The monoisotopic (exact) mass is 236 g/mol. The lowest BCUT2D eigenvalue weighted by atomic mass is 9.88. The van der Waals surface area contributed by atoms with Crippen molar-refractivity contribution in [1.82, 2.24) is 0 Å². The van der Waals surface area contributed by atoms with Crippen LogP contribution in [0, 0.1) is 18.3 Å². The smallest absolute Gasteiger partial charge is 0.118 e. The summed E-state index contributed by atoms with van der Waals surface area (Å²) in [4.78, 5) is 0. The number of hydrogen-bond acceptors (Lipinski definition) is 1. The SMILES string of the molecule is CC(C)C.Cc1cc(CC(C)(C)C)ccc1O. The van der Waals surface area contributed by atoms with E-state index in [1.807, 2.05) is 13.0 Å². The van der Waals surface area contributed by atoms with Gasteiger partial charge in [0.2, 0.25) is 0 Å². The Balaban J connectivity index is 0.000000557. The van der Waals surface area contributed by atoms with Crippen LogP contribution < -0.4 is 0 Å². The molecule has 1 aromatic carbocycles. The minimum absolute atomic E-state index is 0.309. The number of benzene rings is 1. The van der Waals surface area contributed by atoms with Gasteiger partial charge in [-0.15, -0.1) is 0 Å². The fourth-order valence-electron chi connectivity index (χ4n) is 1.44. The Hall–Kier alpha value is -0.980. The van der Waals surface area contributed by atoms with Gasteiger partial charge >= 0.3 is 0 Å². The molecular formula is C16H28O. The van der Waals surface area contributed by atoms with Crippen molar-refractivity contribution in [1.29, 1.82) is 0 Å². The fourth-order valence-corrected chi connectivity index (χ4v) is 1.44. The van der Waals surface area contributed by atoms with Gasteiger partial charge in [-0.25, -0.2) is 0 Å². The molecule has 1 nitrogen and oxygen atoms in total. The second kappa shape index (κ2) is 6.68. The highest BCUT2D eigenvalue weighted by molar-refractivity contribution is 5.35. The Kier molecular flexibility index (Phi) is 6.30. The van der Waals surface area contributed by atoms with Crippen LogP contribution in [0.1, 0.15) is 52.7 Å². The summed E-state index contributed by atoms with van der Waals surface area (Å²) in [6, 6.07) is 5.82. The van der Waals surface area contributed by atoms with Crippen molar-refractivity contribution in [2.45, 2.75) is 54.9 Å². The number of hydrogen-bond donors (Lipinski definition) is 1. The van der Waals surface area contributed by atoms with E-state index in [9.17, 15) is 5.11 Å². The molecule has 0 bridgehead atoms. The maximum Gasteiger partial charge on any atom is 0.118 e. The van der Waals surface area contributed by atoms with E-state index in [0.717, 1.165) is 17.9 Å². The molecule has 0 spiro atoms. The predicted octanol–water partition coefficient (Wildman–Crippen LogP) is 4.95. The topological polar surface area (TPSA) is 20.2 Å². The van der Waals surface area contributed by atoms with Crippen LogP contribution in [0.3, 0.4) is 0 Å². The summed E-state index contributed by atoms with van der Waals surface area (Å²) in [5.41, 5.74) is 2.56. The first-order valence-electron chi connectivity index (χ1n) is 6.40. The van der Waals surface area contributed by atoms with Gasteiger partial charge in [-0.3, -0.25) is 0 Å². The van der Waals surface area contributed by atoms with Gasteiger partial charge in [-0.05, 0) is 41.9 Å². The number of aromatic hydroxyl groups is 1. The molecule has 0 saturated heterocycles. The third-order valence-corrected chi connectivity index (χ3v) is 2.00. The number of rotatable bonds is 1. The van der Waals surface area contributed by atoms with Crippen molar-refractivity contribution >= 4 is 0 Å². The molecule has 0 aliphatic rings. The maximum atomic E-state index is 9.34. The summed E-state index contributed by atoms with van der Waals surface area (Å²) in [6.45, 7) is 15.1. The lowest BCUT2D eigenvalue weighted by Gasteiger charge is -2.18. The summed E-state index contributed by atoms with van der Waals surface area (Å²) < 4.78 is 0. The first kappa shape index (κ1) is 16.0. The largest absolute Gasteiger partial charge is 0.508 e. The van der Waals surface area contributed by atoms with Crippen LogP contribution in [0.2, 0.25) is 0 Å². The van der Waals surface area contributed by atoms with Gasteiger partial charge in [0.1, 0.15) is 5.75 Å². The first-order valence-corrected chi connectivity index (χ1v) is 6.40. The molecule has 98 valence electrons. The third-order valence-electron chi connectivity index (χ3n) is 2.00. The quantitative estimate of drug-likeness (QED) is 0.731. The van der Waals surface area contributed by atoms with Crippen LogP contribution >= 0.6 is 0 Å². The molecule has 1 N–H and O–H groups in total. The summed E-state index contributed by atoms with van der Waals surface area (Å²) in [5.74, 6) is 1.22. The van der Waals surface area contributed by atoms with Crippen LogP contribution in [0.25, 0.3) is 0 Å². The van der Waals surface area contributed by atoms with E-state index in [4.69, 9.17) is 0 Å². The van der Waals surface area contributed by atoms with E-state index in [1.54, 1.807) is 6.07 Å². The summed E-state index contributed by atoms with van der Waals surface area (Å²) in [6.07, 6.45) is 1.05. The van der Waals surface area contributed by atoms with Crippen LogP contribution in [0.5, 0.6) is 5.75 Å². The highest BCUT2D eigenvalue weighted by Crippen LogP contribution is 2.24. The highest BCUT2D eigenvalue weighted by Gasteiger charge is 2.11. The average molecular weight is 236 g/mol. The number of phenolic OH excluding ortho intramolecular Hbond substituents is 1.